The number of nitrogens with zero attached hydrogens (tertiary/aromatic N) is 1. The molecule has 1 aliphatic heterocycles. The Labute approximate surface area is 177 Å². The molecule has 0 aromatic heterocycles. The Balaban J connectivity index is 2.23. The molecule has 8 heteroatoms. The van der Waals surface area contributed by atoms with E-state index in [1.54, 1.807) is 38.2 Å². The number of amides is 3. The number of esters is 1. The zero-order chi connectivity index (χ0) is 22.5. The Morgan fingerprint density at radius 2 is 1.80 bits per heavy atom. The molecule has 0 bridgehead atoms. The minimum atomic E-state index is -0.650. The van der Waals surface area contributed by atoms with E-state index < -0.39 is 12.0 Å². The van der Waals surface area contributed by atoms with Gasteiger partial charge in [0.2, 0.25) is 5.91 Å². The predicted octanol–water partition coefficient (Wildman–Crippen LogP) is 3.22. The number of allylic oxidation sites excluding steroid dienone is 1. The summed E-state index contributed by atoms with van der Waals surface area (Å²) in [6.45, 7) is 8.12. The number of benzene rings is 1. The maximum absolute atomic E-state index is 12.7. The summed E-state index contributed by atoms with van der Waals surface area (Å²) < 4.78 is 10.2. The number of nitrogens with one attached hydrogen (secondary N) is 2. The molecule has 1 aliphatic rings. The first kappa shape index (κ1) is 23.4. The molecule has 164 valence electrons. The fourth-order valence-electron chi connectivity index (χ4n) is 3.09. The summed E-state index contributed by atoms with van der Waals surface area (Å²) in [6.07, 6.45) is 0.402. The lowest BCUT2D eigenvalue weighted by atomic mass is 9.92. The van der Waals surface area contributed by atoms with Crippen LogP contribution in [0.25, 0.3) is 0 Å². The second-order valence-corrected chi connectivity index (χ2v) is 8.48. The SMILES string of the molecule is COCCOC(=O)C1=C(C)N(C)C(=O)NC1c1ccc(NC(=O)CC(C)(C)C)cc1. The monoisotopic (exact) mass is 417 g/mol. The number of hydrogen-bond acceptors (Lipinski definition) is 5. The van der Waals surface area contributed by atoms with Crippen molar-refractivity contribution in [1.82, 2.24) is 10.2 Å². The molecule has 1 atom stereocenters. The van der Waals surface area contributed by atoms with Crippen molar-refractivity contribution in [1.29, 1.82) is 0 Å². The highest BCUT2D eigenvalue weighted by molar-refractivity contribution is 5.95. The number of hydrogen-bond donors (Lipinski definition) is 2. The van der Waals surface area contributed by atoms with Crippen molar-refractivity contribution in [3.05, 3.63) is 41.1 Å². The molecule has 0 radical (unpaired) electrons. The van der Waals surface area contributed by atoms with E-state index in [2.05, 4.69) is 10.6 Å². The number of carbonyl (C=O) groups excluding carboxylic acids is 3. The fourth-order valence-corrected chi connectivity index (χ4v) is 3.09. The van der Waals surface area contributed by atoms with Crippen LogP contribution in [0.2, 0.25) is 0 Å². The first-order chi connectivity index (χ1) is 14.0. The normalized spacial score (nSPS) is 16.9. The van der Waals surface area contributed by atoms with Crippen LogP contribution in [0.1, 0.15) is 45.7 Å². The van der Waals surface area contributed by atoms with Gasteiger partial charge in [-0.1, -0.05) is 32.9 Å². The molecule has 0 saturated heterocycles. The van der Waals surface area contributed by atoms with Gasteiger partial charge < -0.3 is 25.0 Å². The van der Waals surface area contributed by atoms with Crippen LogP contribution >= 0.6 is 0 Å². The number of methoxy groups -OCH3 is 1. The van der Waals surface area contributed by atoms with E-state index in [4.69, 9.17) is 9.47 Å². The standard InChI is InChI=1S/C22H31N3O5/c1-14-18(20(27)30-12-11-29-6)19(24-21(28)25(14)5)15-7-9-16(10-8-15)23-17(26)13-22(2,3)4/h7-10,19H,11-13H2,1-6H3,(H,23,26)(H,24,28). The van der Waals surface area contributed by atoms with E-state index >= 15 is 0 Å². The zero-order valence-electron chi connectivity index (χ0n) is 18.5. The van der Waals surface area contributed by atoms with E-state index in [9.17, 15) is 14.4 Å². The van der Waals surface area contributed by atoms with E-state index in [-0.39, 0.29) is 30.6 Å². The Morgan fingerprint density at radius 1 is 1.17 bits per heavy atom. The minimum Gasteiger partial charge on any atom is -0.460 e. The highest BCUT2D eigenvalue weighted by Gasteiger charge is 2.35. The maximum Gasteiger partial charge on any atom is 0.338 e. The van der Waals surface area contributed by atoms with Crippen LogP contribution in [0.4, 0.5) is 10.5 Å². The molecule has 8 nitrogen and oxygen atoms in total. The molecule has 1 unspecified atom stereocenters. The zero-order valence-corrected chi connectivity index (χ0v) is 18.5. The summed E-state index contributed by atoms with van der Waals surface area (Å²) in [5.41, 5.74) is 2.13. The second kappa shape index (κ2) is 9.75. The third-order valence-electron chi connectivity index (χ3n) is 4.71. The molecule has 0 aliphatic carbocycles. The van der Waals surface area contributed by atoms with Crippen molar-refractivity contribution in [3.8, 4) is 0 Å². The number of rotatable bonds is 7. The minimum absolute atomic E-state index is 0.0685. The van der Waals surface area contributed by atoms with Crippen molar-refractivity contribution in [2.24, 2.45) is 5.41 Å². The summed E-state index contributed by atoms with van der Waals surface area (Å²) in [4.78, 5) is 38.5. The van der Waals surface area contributed by atoms with Crippen LogP contribution < -0.4 is 10.6 Å². The van der Waals surface area contributed by atoms with Crippen molar-refractivity contribution < 1.29 is 23.9 Å². The Morgan fingerprint density at radius 3 is 2.37 bits per heavy atom. The van der Waals surface area contributed by atoms with Crippen molar-refractivity contribution in [2.75, 3.05) is 32.7 Å². The number of ether oxygens (including phenoxy) is 2. The van der Waals surface area contributed by atoms with Crippen LogP contribution in [0.15, 0.2) is 35.5 Å². The Hall–Kier alpha value is -2.87. The van der Waals surface area contributed by atoms with Crippen LogP contribution in [-0.4, -0.2) is 50.2 Å². The number of carbonyl (C=O) groups is 3. The fraction of sp³-hybridized carbons (Fsp3) is 0.500. The van der Waals surface area contributed by atoms with Gasteiger partial charge in [0.1, 0.15) is 6.61 Å². The van der Waals surface area contributed by atoms with Crippen LogP contribution in [0.5, 0.6) is 0 Å². The molecule has 2 N–H and O–H groups in total. The van der Waals surface area contributed by atoms with Gasteiger partial charge in [-0.2, -0.15) is 0 Å². The quantitative estimate of drug-likeness (QED) is 0.524. The van der Waals surface area contributed by atoms with E-state index in [0.717, 1.165) is 0 Å². The van der Waals surface area contributed by atoms with E-state index in [0.29, 0.717) is 28.9 Å². The van der Waals surface area contributed by atoms with Gasteiger partial charge in [-0.25, -0.2) is 9.59 Å². The highest BCUT2D eigenvalue weighted by atomic mass is 16.6. The number of anilines is 1. The second-order valence-electron chi connectivity index (χ2n) is 8.48. The lowest BCUT2D eigenvalue weighted by Gasteiger charge is -2.33. The summed E-state index contributed by atoms with van der Waals surface area (Å²) in [7, 11) is 3.12. The summed E-state index contributed by atoms with van der Waals surface area (Å²) in [5.74, 6) is -0.579. The Bertz CT molecular complexity index is 824. The van der Waals surface area contributed by atoms with Crippen molar-refractivity contribution in [3.63, 3.8) is 0 Å². The molecule has 0 fully saturated rings. The van der Waals surface area contributed by atoms with E-state index in [1.165, 1.54) is 12.0 Å². The molecule has 0 spiro atoms. The smallest absolute Gasteiger partial charge is 0.338 e. The Kier molecular flexibility index (Phi) is 7.61. The molecule has 3 amide bonds. The average molecular weight is 418 g/mol. The first-order valence-corrected chi connectivity index (χ1v) is 9.84. The molecule has 30 heavy (non-hydrogen) atoms. The van der Waals surface area contributed by atoms with Crippen LogP contribution in [0, 0.1) is 5.41 Å². The molecule has 2 rings (SSSR count). The molecule has 1 aromatic rings. The van der Waals surface area contributed by atoms with Gasteiger partial charge in [-0.05, 0) is 30.0 Å². The molecule has 1 heterocycles. The van der Waals surface area contributed by atoms with Gasteiger partial charge in [0, 0.05) is 32.0 Å². The van der Waals surface area contributed by atoms with Gasteiger partial charge in [0.25, 0.3) is 0 Å². The number of urea groups is 1. The van der Waals surface area contributed by atoms with Gasteiger partial charge in [0.15, 0.2) is 0 Å². The predicted molar refractivity (Wildman–Crippen MR) is 114 cm³/mol. The lowest BCUT2D eigenvalue weighted by molar-refractivity contribution is -0.141. The largest absolute Gasteiger partial charge is 0.460 e. The average Bonchev–Trinajstić information content (AvgIpc) is 2.65. The van der Waals surface area contributed by atoms with Gasteiger partial charge in [0.05, 0.1) is 18.2 Å². The van der Waals surface area contributed by atoms with E-state index in [1.807, 2.05) is 20.8 Å². The van der Waals surface area contributed by atoms with Crippen molar-refractivity contribution >= 4 is 23.6 Å². The first-order valence-electron chi connectivity index (χ1n) is 9.84. The highest BCUT2D eigenvalue weighted by Crippen LogP contribution is 2.31. The van der Waals surface area contributed by atoms with Gasteiger partial charge >= 0.3 is 12.0 Å². The van der Waals surface area contributed by atoms with Crippen LogP contribution in [-0.2, 0) is 19.1 Å². The van der Waals surface area contributed by atoms with Crippen LogP contribution in [0.3, 0.4) is 0 Å². The summed E-state index contributed by atoms with van der Waals surface area (Å²) >= 11 is 0. The topological polar surface area (TPSA) is 97.0 Å². The third kappa shape index (κ3) is 6.06. The summed E-state index contributed by atoms with van der Waals surface area (Å²) in [5, 5.41) is 5.70. The third-order valence-corrected chi connectivity index (χ3v) is 4.71. The lowest BCUT2D eigenvalue weighted by Crippen LogP contribution is -2.46. The molecule has 1 aromatic carbocycles. The van der Waals surface area contributed by atoms with Crippen molar-refractivity contribution in [2.45, 2.75) is 40.2 Å². The maximum atomic E-state index is 12.7. The van der Waals surface area contributed by atoms with Gasteiger partial charge in [-0.3, -0.25) is 4.79 Å². The molecular weight excluding hydrogens is 386 g/mol. The van der Waals surface area contributed by atoms with Gasteiger partial charge in [-0.15, -0.1) is 0 Å². The molecular formula is C22H31N3O5. The summed E-state index contributed by atoms with van der Waals surface area (Å²) in [6, 6.07) is 6.10. The molecule has 0 saturated carbocycles.